The highest BCUT2D eigenvalue weighted by Gasteiger charge is 2.32. The van der Waals surface area contributed by atoms with E-state index in [0.717, 1.165) is 11.8 Å². The minimum absolute atomic E-state index is 0.0221. The lowest BCUT2D eigenvalue weighted by Crippen LogP contribution is -2.30. The molecule has 0 bridgehead atoms. The first-order chi connectivity index (χ1) is 10.4. The van der Waals surface area contributed by atoms with Crippen molar-refractivity contribution in [2.75, 3.05) is 13.7 Å². The second kappa shape index (κ2) is 6.89. The van der Waals surface area contributed by atoms with Crippen molar-refractivity contribution in [3.63, 3.8) is 0 Å². The number of rotatable bonds is 5. The maximum atomic E-state index is 13.6. The van der Waals surface area contributed by atoms with Gasteiger partial charge in [-0.1, -0.05) is 30.0 Å². The number of carbonyl (C=O) groups excluding carboxylic acids is 1. The van der Waals surface area contributed by atoms with Gasteiger partial charge in [-0.3, -0.25) is 14.5 Å². The summed E-state index contributed by atoms with van der Waals surface area (Å²) in [6, 6.07) is 4.33. The van der Waals surface area contributed by atoms with Crippen LogP contribution in [-0.2, 0) is 9.59 Å². The van der Waals surface area contributed by atoms with Gasteiger partial charge in [-0.25, -0.2) is 4.39 Å². The molecule has 0 saturated carbocycles. The number of hydrogen-bond acceptors (Lipinski definition) is 5. The number of ether oxygens (including phenoxy) is 1. The third-order valence-corrected chi connectivity index (χ3v) is 4.27. The number of thiocarbonyl (C=S) groups is 1. The Morgan fingerprint density at radius 2 is 2.27 bits per heavy atom. The number of nitrogens with zero attached hydrogens (tertiary/aromatic N) is 1. The SMILES string of the molecule is COc1ccc(/C=C2\SC(=S)N(CCC(=O)O)C2=O)cc1F. The lowest BCUT2D eigenvalue weighted by atomic mass is 10.2. The zero-order valence-electron chi connectivity index (χ0n) is 11.5. The molecule has 116 valence electrons. The van der Waals surface area contributed by atoms with Crippen molar-refractivity contribution < 1.29 is 23.8 Å². The molecule has 1 aromatic rings. The molecule has 22 heavy (non-hydrogen) atoms. The van der Waals surface area contributed by atoms with Crippen LogP contribution in [0.1, 0.15) is 12.0 Å². The van der Waals surface area contributed by atoms with Crippen molar-refractivity contribution in [1.29, 1.82) is 0 Å². The van der Waals surface area contributed by atoms with Crippen molar-refractivity contribution in [3.05, 3.63) is 34.5 Å². The van der Waals surface area contributed by atoms with Gasteiger partial charge in [0, 0.05) is 6.54 Å². The molecule has 0 radical (unpaired) electrons. The number of carboxylic acid groups (broad SMARTS) is 1. The molecular weight excluding hydrogens is 329 g/mol. The van der Waals surface area contributed by atoms with Crippen molar-refractivity contribution in [2.24, 2.45) is 0 Å². The predicted molar refractivity (Wildman–Crippen MR) is 85.1 cm³/mol. The summed E-state index contributed by atoms with van der Waals surface area (Å²) in [6.45, 7) is 0.0221. The van der Waals surface area contributed by atoms with E-state index in [1.807, 2.05) is 0 Å². The summed E-state index contributed by atoms with van der Waals surface area (Å²) in [7, 11) is 1.37. The van der Waals surface area contributed by atoms with E-state index in [9.17, 15) is 14.0 Å². The number of carboxylic acids is 1. The minimum atomic E-state index is -1.00. The molecule has 0 spiro atoms. The molecule has 0 atom stereocenters. The van der Waals surface area contributed by atoms with Crippen molar-refractivity contribution in [1.82, 2.24) is 4.90 Å². The number of hydrogen-bond donors (Lipinski definition) is 1. The van der Waals surface area contributed by atoms with Gasteiger partial charge in [-0.05, 0) is 23.8 Å². The van der Waals surface area contributed by atoms with E-state index in [0.29, 0.717) is 14.8 Å². The first kappa shape index (κ1) is 16.4. The van der Waals surface area contributed by atoms with Crippen LogP contribution in [0, 0.1) is 5.82 Å². The predicted octanol–water partition coefficient (Wildman–Crippen LogP) is 2.51. The Morgan fingerprint density at radius 3 is 2.86 bits per heavy atom. The van der Waals surface area contributed by atoms with E-state index in [4.69, 9.17) is 22.1 Å². The maximum Gasteiger partial charge on any atom is 0.305 e. The van der Waals surface area contributed by atoms with E-state index in [1.165, 1.54) is 30.2 Å². The van der Waals surface area contributed by atoms with E-state index < -0.39 is 11.8 Å². The number of aliphatic carboxylic acids is 1. The highest BCUT2D eigenvalue weighted by Crippen LogP contribution is 2.33. The van der Waals surface area contributed by atoms with Crippen LogP contribution >= 0.6 is 24.0 Å². The number of methoxy groups -OCH3 is 1. The molecule has 1 amide bonds. The number of carbonyl (C=O) groups is 2. The van der Waals surface area contributed by atoms with Crippen LogP contribution in [0.5, 0.6) is 5.75 Å². The second-order valence-corrected chi connectivity index (χ2v) is 6.05. The third-order valence-electron chi connectivity index (χ3n) is 2.90. The lowest BCUT2D eigenvalue weighted by Gasteiger charge is -2.12. The average molecular weight is 341 g/mol. The fraction of sp³-hybridized carbons (Fsp3) is 0.214. The summed E-state index contributed by atoms with van der Waals surface area (Å²) in [5.74, 6) is -1.79. The molecule has 0 unspecified atom stereocenters. The molecular formula is C14H12FNO4S2. The van der Waals surface area contributed by atoms with Crippen LogP contribution in [0.25, 0.3) is 6.08 Å². The maximum absolute atomic E-state index is 13.6. The number of benzene rings is 1. The Bertz CT molecular complexity index is 675. The first-order valence-corrected chi connectivity index (χ1v) is 7.45. The quantitative estimate of drug-likeness (QED) is 0.656. The van der Waals surface area contributed by atoms with Crippen LogP contribution in [0.3, 0.4) is 0 Å². The van der Waals surface area contributed by atoms with Gasteiger partial charge in [-0.15, -0.1) is 0 Å². The monoisotopic (exact) mass is 341 g/mol. The molecule has 1 saturated heterocycles. The summed E-state index contributed by atoms with van der Waals surface area (Å²) in [4.78, 5) is 24.3. The summed E-state index contributed by atoms with van der Waals surface area (Å²) < 4.78 is 18.8. The number of thioether (sulfide) groups is 1. The van der Waals surface area contributed by atoms with E-state index >= 15 is 0 Å². The summed E-state index contributed by atoms with van der Waals surface area (Å²) in [5, 5.41) is 8.67. The summed E-state index contributed by atoms with van der Waals surface area (Å²) in [6.07, 6.45) is 1.33. The topological polar surface area (TPSA) is 66.8 Å². The van der Waals surface area contributed by atoms with Crippen molar-refractivity contribution >= 4 is 46.3 Å². The molecule has 1 aliphatic heterocycles. The molecule has 0 aromatic heterocycles. The van der Waals surface area contributed by atoms with Crippen LogP contribution in [0.4, 0.5) is 4.39 Å². The normalized spacial score (nSPS) is 16.5. The fourth-order valence-corrected chi connectivity index (χ4v) is 3.13. The van der Waals surface area contributed by atoms with Crippen LogP contribution in [0.2, 0.25) is 0 Å². The smallest absolute Gasteiger partial charge is 0.305 e. The van der Waals surface area contributed by atoms with Gasteiger partial charge in [0.1, 0.15) is 4.32 Å². The molecule has 2 rings (SSSR count). The van der Waals surface area contributed by atoms with Gasteiger partial charge in [0.25, 0.3) is 5.91 Å². The zero-order valence-corrected chi connectivity index (χ0v) is 13.2. The van der Waals surface area contributed by atoms with Crippen LogP contribution < -0.4 is 4.74 Å². The molecule has 8 heteroatoms. The van der Waals surface area contributed by atoms with Crippen molar-refractivity contribution in [3.8, 4) is 5.75 Å². The minimum Gasteiger partial charge on any atom is -0.494 e. The Hall–Kier alpha value is -1.93. The molecule has 1 aromatic carbocycles. The molecule has 1 heterocycles. The molecule has 5 nitrogen and oxygen atoms in total. The highest BCUT2D eigenvalue weighted by molar-refractivity contribution is 8.26. The Kier molecular flexibility index (Phi) is 5.15. The summed E-state index contributed by atoms with van der Waals surface area (Å²) >= 11 is 6.13. The van der Waals surface area contributed by atoms with Gasteiger partial charge < -0.3 is 9.84 Å². The highest BCUT2D eigenvalue weighted by atomic mass is 32.2. The van der Waals surface area contributed by atoms with Crippen molar-refractivity contribution in [2.45, 2.75) is 6.42 Å². The summed E-state index contributed by atoms with van der Waals surface area (Å²) in [5.41, 5.74) is 0.497. The van der Waals surface area contributed by atoms with Gasteiger partial charge in [-0.2, -0.15) is 0 Å². The zero-order chi connectivity index (χ0) is 16.3. The molecule has 1 N–H and O–H groups in total. The lowest BCUT2D eigenvalue weighted by molar-refractivity contribution is -0.137. The van der Waals surface area contributed by atoms with Gasteiger partial charge in [0.15, 0.2) is 11.6 Å². The van der Waals surface area contributed by atoms with E-state index in [1.54, 1.807) is 6.07 Å². The molecule has 0 aliphatic carbocycles. The first-order valence-electron chi connectivity index (χ1n) is 6.23. The van der Waals surface area contributed by atoms with E-state index in [2.05, 4.69) is 0 Å². The van der Waals surface area contributed by atoms with Gasteiger partial charge >= 0.3 is 5.97 Å². The fourth-order valence-electron chi connectivity index (χ4n) is 1.82. The Balaban J connectivity index is 2.19. The van der Waals surface area contributed by atoms with Gasteiger partial charge in [0.2, 0.25) is 0 Å². The average Bonchev–Trinajstić information content (AvgIpc) is 2.71. The Morgan fingerprint density at radius 1 is 1.55 bits per heavy atom. The number of halogens is 1. The largest absolute Gasteiger partial charge is 0.494 e. The van der Waals surface area contributed by atoms with Crippen LogP contribution in [-0.4, -0.2) is 39.9 Å². The molecule has 1 aliphatic rings. The second-order valence-electron chi connectivity index (χ2n) is 4.37. The molecule has 1 fully saturated rings. The van der Waals surface area contributed by atoms with Crippen LogP contribution in [0.15, 0.2) is 23.1 Å². The van der Waals surface area contributed by atoms with E-state index in [-0.39, 0.29) is 24.6 Å². The number of amides is 1. The Labute approximate surface area is 135 Å². The standard InChI is InChI=1S/C14H12FNO4S2/c1-20-10-3-2-8(6-9(10)15)7-11-13(19)16(14(21)22-11)5-4-12(17)18/h2-3,6-7H,4-5H2,1H3,(H,17,18)/b11-7-. The third kappa shape index (κ3) is 3.63. The van der Waals surface area contributed by atoms with Gasteiger partial charge in [0.05, 0.1) is 18.4 Å².